The standard InChI is InChI=1S/C15H19N3O/c1-15(10-16)7-4-8-18(15)14(19)12-9-17-13-6-3-2-5-11(12)13/h2-3,5-6,9,17H,4,7-8,10,16H2,1H3. The first kappa shape index (κ1) is 12.2. The van der Waals surface area contributed by atoms with Crippen LogP contribution in [0.3, 0.4) is 0 Å². The van der Waals surface area contributed by atoms with Crippen molar-refractivity contribution in [3.05, 3.63) is 36.0 Å². The summed E-state index contributed by atoms with van der Waals surface area (Å²) in [5.41, 5.74) is 7.41. The number of hydrogen-bond acceptors (Lipinski definition) is 2. The summed E-state index contributed by atoms with van der Waals surface area (Å²) in [5.74, 6) is 0.0860. The molecular weight excluding hydrogens is 238 g/mol. The number of aromatic amines is 1. The molecule has 0 bridgehead atoms. The van der Waals surface area contributed by atoms with Gasteiger partial charge < -0.3 is 15.6 Å². The molecule has 4 heteroatoms. The molecule has 1 aliphatic heterocycles. The number of nitrogens with zero attached hydrogens (tertiary/aromatic N) is 1. The molecule has 0 aliphatic carbocycles. The predicted molar refractivity (Wildman–Crippen MR) is 76.0 cm³/mol. The Balaban J connectivity index is 2.00. The second-order valence-electron chi connectivity index (χ2n) is 5.51. The molecule has 4 nitrogen and oxygen atoms in total. The van der Waals surface area contributed by atoms with Crippen LogP contribution in [-0.2, 0) is 0 Å². The zero-order chi connectivity index (χ0) is 13.5. The third kappa shape index (κ3) is 1.83. The first-order valence-electron chi connectivity index (χ1n) is 6.74. The highest BCUT2D eigenvalue weighted by atomic mass is 16.2. The summed E-state index contributed by atoms with van der Waals surface area (Å²) in [5, 5.41) is 0.985. The van der Waals surface area contributed by atoms with Crippen LogP contribution in [0.4, 0.5) is 0 Å². The van der Waals surface area contributed by atoms with Gasteiger partial charge in [0.1, 0.15) is 0 Å². The third-order valence-corrected chi connectivity index (χ3v) is 4.25. The van der Waals surface area contributed by atoms with Gasteiger partial charge >= 0.3 is 0 Å². The maximum absolute atomic E-state index is 12.7. The highest BCUT2D eigenvalue weighted by molar-refractivity contribution is 6.07. The number of H-pyrrole nitrogens is 1. The summed E-state index contributed by atoms with van der Waals surface area (Å²) in [7, 11) is 0. The molecule has 1 atom stereocenters. The van der Waals surface area contributed by atoms with Gasteiger partial charge in [-0.3, -0.25) is 4.79 Å². The predicted octanol–water partition coefficient (Wildman–Crippen LogP) is 2.12. The fourth-order valence-corrected chi connectivity index (χ4v) is 2.98. The Morgan fingerprint density at radius 2 is 2.26 bits per heavy atom. The second-order valence-corrected chi connectivity index (χ2v) is 5.51. The average molecular weight is 257 g/mol. The fourth-order valence-electron chi connectivity index (χ4n) is 2.98. The number of carbonyl (C=O) groups excluding carboxylic acids is 1. The lowest BCUT2D eigenvalue weighted by atomic mass is 9.98. The molecule has 1 aliphatic rings. The van der Waals surface area contributed by atoms with Gasteiger partial charge in [0.2, 0.25) is 0 Å². The first-order chi connectivity index (χ1) is 9.15. The van der Waals surface area contributed by atoms with Crippen LogP contribution >= 0.6 is 0 Å². The van der Waals surface area contributed by atoms with E-state index in [4.69, 9.17) is 5.73 Å². The number of nitrogens with two attached hydrogens (primary N) is 1. The zero-order valence-electron chi connectivity index (χ0n) is 11.1. The van der Waals surface area contributed by atoms with Crippen LogP contribution in [0, 0.1) is 0 Å². The lowest BCUT2D eigenvalue weighted by molar-refractivity contribution is 0.0639. The number of likely N-dealkylation sites (tertiary alicyclic amines) is 1. The minimum absolute atomic E-state index is 0.0860. The molecular formula is C15H19N3O. The number of hydrogen-bond donors (Lipinski definition) is 2. The number of benzene rings is 1. The molecule has 1 unspecified atom stereocenters. The first-order valence-corrected chi connectivity index (χ1v) is 6.74. The van der Waals surface area contributed by atoms with E-state index in [1.165, 1.54) is 0 Å². The molecule has 0 saturated carbocycles. The minimum atomic E-state index is -0.199. The van der Waals surface area contributed by atoms with Crippen LogP contribution in [-0.4, -0.2) is 34.4 Å². The van der Waals surface area contributed by atoms with Crippen molar-refractivity contribution in [2.75, 3.05) is 13.1 Å². The highest BCUT2D eigenvalue weighted by Crippen LogP contribution is 2.31. The van der Waals surface area contributed by atoms with Crippen molar-refractivity contribution in [2.45, 2.75) is 25.3 Å². The molecule has 1 saturated heterocycles. The van der Waals surface area contributed by atoms with Crippen molar-refractivity contribution < 1.29 is 4.79 Å². The van der Waals surface area contributed by atoms with Gasteiger partial charge in [0.05, 0.1) is 11.1 Å². The summed E-state index contributed by atoms with van der Waals surface area (Å²) in [6.07, 6.45) is 3.82. The molecule has 1 amide bonds. The van der Waals surface area contributed by atoms with Crippen molar-refractivity contribution in [3.63, 3.8) is 0 Å². The van der Waals surface area contributed by atoms with Crippen molar-refractivity contribution in [2.24, 2.45) is 5.73 Å². The van der Waals surface area contributed by atoms with Crippen molar-refractivity contribution in [1.29, 1.82) is 0 Å². The molecule has 3 rings (SSSR count). The van der Waals surface area contributed by atoms with E-state index in [2.05, 4.69) is 11.9 Å². The molecule has 1 fully saturated rings. The second kappa shape index (κ2) is 4.38. The molecule has 2 heterocycles. The van der Waals surface area contributed by atoms with Gasteiger partial charge in [-0.15, -0.1) is 0 Å². The highest BCUT2D eigenvalue weighted by Gasteiger charge is 2.39. The topological polar surface area (TPSA) is 62.1 Å². The van der Waals surface area contributed by atoms with Gasteiger partial charge in [-0.05, 0) is 25.8 Å². The molecule has 0 radical (unpaired) electrons. The number of amides is 1. The largest absolute Gasteiger partial charge is 0.360 e. The van der Waals surface area contributed by atoms with Crippen molar-refractivity contribution >= 4 is 16.8 Å². The van der Waals surface area contributed by atoms with Crippen LogP contribution in [0.15, 0.2) is 30.5 Å². The molecule has 1 aromatic carbocycles. The Morgan fingerprint density at radius 1 is 1.47 bits per heavy atom. The number of carbonyl (C=O) groups is 1. The lowest BCUT2D eigenvalue weighted by Crippen LogP contribution is -2.49. The minimum Gasteiger partial charge on any atom is -0.360 e. The van der Waals surface area contributed by atoms with E-state index in [1.54, 1.807) is 0 Å². The SMILES string of the molecule is CC1(CN)CCCN1C(=O)c1c[nH]c2ccccc12. The van der Waals surface area contributed by atoms with Gasteiger partial charge in [-0.2, -0.15) is 0 Å². The summed E-state index contributed by atoms with van der Waals surface area (Å²) in [4.78, 5) is 17.8. The Kier molecular flexibility index (Phi) is 2.82. The molecule has 3 N–H and O–H groups in total. The molecule has 0 spiro atoms. The van der Waals surface area contributed by atoms with Gasteiger partial charge in [0.25, 0.3) is 5.91 Å². The molecule has 2 aromatic rings. The number of fused-ring (bicyclic) bond motifs is 1. The molecule has 100 valence electrons. The van der Waals surface area contributed by atoms with Gasteiger partial charge in [0.15, 0.2) is 0 Å². The normalized spacial score (nSPS) is 23.2. The quantitative estimate of drug-likeness (QED) is 0.865. The van der Waals surface area contributed by atoms with E-state index >= 15 is 0 Å². The maximum Gasteiger partial charge on any atom is 0.256 e. The maximum atomic E-state index is 12.7. The van der Waals surface area contributed by atoms with E-state index in [0.717, 1.165) is 35.9 Å². The van der Waals surface area contributed by atoms with Gasteiger partial charge in [-0.25, -0.2) is 0 Å². The van der Waals surface area contributed by atoms with E-state index in [1.807, 2.05) is 35.4 Å². The van der Waals surface area contributed by atoms with E-state index < -0.39 is 0 Å². The van der Waals surface area contributed by atoms with Gasteiger partial charge in [-0.1, -0.05) is 18.2 Å². The van der Waals surface area contributed by atoms with Crippen LogP contribution < -0.4 is 5.73 Å². The average Bonchev–Trinajstić information content (AvgIpc) is 3.02. The fraction of sp³-hybridized carbons (Fsp3) is 0.400. The Morgan fingerprint density at radius 3 is 3.05 bits per heavy atom. The van der Waals surface area contributed by atoms with Gasteiger partial charge in [0, 0.05) is 30.2 Å². The Hall–Kier alpha value is -1.81. The number of nitrogens with one attached hydrogen (secondary N) is 1. The Bertz CT molecular complexity index is 619. The summed E-state index contributed by atoms with van der Waals surface area (Å²) in [6.45, 7) is 3.39. The molecule has 1 aromatic heterocycles. The number of para-hydroxylation sites is 1. The number of rotatable bonds is 2. The van der Waals surface area contributed by atoms with Crippen molar-refractivity contribution in [3.8, 4) is 0 Å². The monoisotopic (exact) mass is 257 g/mol. The third-order valence-electron chi connectivity index (χ3n) is 4.25. The summed E-state index contributed by atoms with van der Waals surface area (Å²) < 4.78 is 0. The number of aromatic nitrogens is 1. The van der Waals surface area contributed by atoms with Crippen LogP contribution in [0.5, 0.6) is 0 Å². The van der Waals surface area contributed by atoms with Crippen molar-refractivity contribution in [1.82, 2.24) is 9.88 Å². The van der Waals surface area contributed by atoms with E-state index in [0.29, 0.717) is 6.54 Å². The lowest BCUT2D eigenvalue weighted by Gasteiger charge is -2.34. The van der Waals surface area contributed by atoms with Crippen LogP contribution in [0.1, 0.15) is 30.1 Å². The van der Waals surface area contributed by atoms with E-state index in [9.17, 15) is 4.79 Å². The Labute approximate surface area is 112 Å². The smallest absolute Gasteiger partial charge is 0.256 e. The zero-order valence-corrected chi connectivity index (χ0v) is 11.1. The van der Waals surface area contributed by atoms with E-state index in [-0.39, 0.29) is 11.4 Å². The summed E-state index contributed by atoms with van der Waals surface area (Å²) in [6, 6.07) is 7.89. The van der Waals surface area contributed by atoms with Crippen LogP contribution in [0.2, 0.25) is 0 Å². The van der Waals surface area contributed by atoms with Crippen LogP contribution in [0.25, 0.3) is 10.9 Å². The molecule has 19 heavy (non-hydrogen) atoms. The summed E-state index contributed by atoms with van der Waals surface area (Å²) >= 11 is 0.